The van der Waals surface area contributed by atoms with Crippen molar-refractivity contribution >= 4 is 27.7 Å². The van der Waals surface area contributed by atoms with Gasteiger partial charge < -0.3 is 9.84 Å². The second-order valence-corrected chi connectivity index (χ2v) is 5.56. The Kier molecular flexibility index (Phi) is 3.97. The minimum absolute atomic E-state index is 0.463. The largest absolute Gasteiger partial charge is 0.458 e. The highest BCUT2D eigenvalue weighted by Gasteiger charge is 2.25. The monoisotopic (exact) mass is 312 g/mol. The molecule has 0 radical (unpaired) electrons. The van der Waals surface area contributed by atoms with Crippen LogP contribution in [0, 0.1) is 0 Å². The molecule has 0 heterocycles. The third-order valence-electron chi connectivity index (χ3n) is 2.39. The van der Waals surface area contributed by atoms with E-state index in [-0.39, 0.29) is 0 Å². The van der Waals surface area contributed by atoms with E-state index in [0.29, 0.717) is 12.2 Å². The topological polar surface area (TPSA) is 29.5 Å². The number of hydrogen-bond acceptors (Lipinski definition) is 3. The van der Waals surface area contributed by atoms with Crippen molar-refractivity contribution in [3.8, 4) is 5.75 Å². The van der Waals surface area contributed by atoms with Gasteiger partial charge >= 0.3 is 0 Å². The van der Waals surface area contributed by atoms with Crippen molar-refractivity contribution in [2.45, 2.75) is 17.1 Å². The Hall–Kier alpha value is -0.710. The molecule has 1 atom stereocenters. The molecular formula is C13H13BrO2S. The van der Waals surface area contributed by atoms with Crippen LogP contribution in [0.2, 0.25) is 0 Å². The maximum atomic E-state index is 10.2. The molecule has 0 aliphatic heterocycles. The third kappa shape index (κ3) is 3.37. The predicted molar refractivity (Wildman–Crippen MR) is 74.4 cm³/mol. The van der Waals surface area contributed by atoms with Crippen LogP contribution < -0.4 is 4.74 Å². The summed E-state index contributed by atoms with van der Waals surface area (Å²) in [5.74, 6) is -0.572. The molecule has 1 unspecified atom stereocenters. The summed E-state index contributed by atoms with van der Waals surface area (Å²) in [7, 11) is 0. The molecule has 1 aliphatic carbocycles. The number of rotatable bonds is 3. The summed E-state index contributed by atoms with van der Waals surface area (Å²) in [4.78, 5) is 1.09. The number of allylic oxidation sites excluding steroid dienone is 2. The van der Waals surface area contributed by atoms with Crippen LogP contribution in [-0.4, -0.2) is 17.1 Å². The lowest BCUT2D eigenvalue weighted by Gasteiger charge is -2.26. The maximum Gasteiger partial charge on any atom is 0.231 e. The highest BCUT2D eigenvalue weighted by molar-refractivity contribution is 9.10. The SMILES string of the molecule is CSc1cc(Br)cc(OC2(O)C=CC=CC2)c1. The van der Waals surface area contributed by atoms with E-state index in [1.54, 1.807) is 23.9 Å². The summed E-state index contributed by atoms with van der Waals surface area (Å²) in [6.45, 7) is 0. The van der Waals surface area contributed by atoms with Crippen LogP contribution in [-0.2, 0) is 0 Å². The lowest BCUT2D eigenvalue weighted by Crippen LogP contribution is -2.33. The van der Waals surface area contributed by atoms with Gasteiger partial charge in [-0.2, -0.15) is 0 Å². The zero-order valence-electron chi connectivity index (χ0n) is 9.39. The minimum Gasteiger partial charge on any atom is -0.458 e. The molecule has 1 aliphatic rings. The Morgan fingerprint density at radius 1 is 1.35 bits per heavy atom. The molecule has 1 aromatic rings. The highest BCUT2D eigenvalue weighted by atomic mass is 79.9. The number of hydrogen-bond donors (Lipinski definition) is 1. The van der Waals surface area contributed by atoms with Crippen LogP contribution in [0.4, 0.5) is 0 Å². The molecule has 2 nitrogen and oxygen atoms in total. The number of benzene rings is 1. The first-order valence-electron chi connectivity index (χ1n) is 5.22. The van der Waals surface area contributed by atoms with E-state index in [9.17, 15) is 5.11 Å². The molecule has 2 rings (SSSR count). The first-order chi connectivity index (χ1) is 8.11. The third-order valence-corrected chi connectivity index (χ3v) is 3.55. The lowest BCUT2D eigenvalue weighted by atomic mass is 10.1. The molecule has 4 heteroatoms. The molecule has 0 spiro atoms. The average Bonchev–Trinajstić information content (AvgIpc) is 2.28. The average molecular weight is 313 g/mol. The van der Waals surface area contributed by atoms with E-state index in [2.05, 4.69) is 15.9 Å². The van der Waals surface area contributed by atoms with Gasteiger partial charge in [0.05, 0.1) is 0 Å². The van der Waals surface area contributed by atoms with Crippen LogP contribution in [0.25, 0.3) is 0 Å². The summed E-state index contributed by atoms with van der Waals surface area (Å²) in [6.07, 6.45) is 9.69. The second-order valence-electron chi connectivity index (χ2n) is 3.77. The van der Waals surface area contributed by atoms with Gasteiger partial charge in [0.1, 0.15) is 5.75 Å². The molecule has 0 saturated heterocycles. The van der Waals surface area contributed by atoms with Gasteiger partial charge in [0.25, 0.3) is 0 Å². The van der Waals surface area contributed by atoms with Crippen LogP contribution in [0.5, 0.6) is 5.75 Å². The molecule has 1 N–H and O–H groups in total. The fraction of sp³-hybridized carbons (Fsp3) is 0.231. The Morgan fingerprint density at radius 3 is 2.82 bits per heavy atom. The zero-order valence-corrected chi connectivity index (χ0v) is 11.8. The van der Waals surface area contributed by atoms with Gasteiger partial charge in [-0.15, -0.1) is 11.8 Å². The van der Waals surface area contributed by atoms with Gasteiger partial charge in [-0.1, -0.05) is 34.2 Å². The van der Waals surface area contributed by atoms with Crippen molar-refractivity contribution < 1.29 is 9.84 Å². The maximum absolute atomic E-state index is 10.2. The lowest BCUT2D eigenvalue weighted by molar-refractivity contribution is -0.0920. The first kappa shape index (κ1) is 12.7. The summed E-state index contributed by atoms with van der Waals surface area (Å²) >= 11 is 5.06. The van der Waals surface area contributed by atoms with Gasteiger partial charge in [-0.05, 0) is 30.5 Å². The summed E-state index contributed by atoms with van der Waals surface area (Å²) in [5.41, 5.74) is 0. The Balaban J connectivity index is 2.21. The highest BCUT2D eigenvalue weighted by Crippen LogP contribution is 2.30. The number of aliphatic hydroxyl groups is 1. The van der Waals surface area contributed by atoms with E-state index in [1.807, 2.05) is 36.6 Å². The summed E-state index contributed by atoms with van der Waals surface area (Å²) in [5, 5.41) is 10.2. The van der Waals surface area contributed by atoms with Crippen molar-refractivity contribution in [3.05, 3.63) is 47.0 Å². The van der Waals surface area contributed by atoms with Gasteiger partial charge in [0.15, 0.2) is 0 Å². The number of halogens is 1. The molecule has 17 heavy (non-hydrogen) atoms. The van der Waals surface area contributed by atoms with E-state index in [1.165, 1.54) is 0 Å². The normalized spacial score (nSPS) is 22.8. The van der Waals surface area contributed by atoms with Crippen molar-refractivity contribution in [2.24, 2.45) is 0 Å². The molecule has 0 aromatic heterocycles. The van der Waals surface area contributed by atoms with E-state index in [0.717, 1.165) is 9.37 Å². The fourth-order valence-corrected chi connectivity index (χ4v) is 2.69. The predicted octanol–water partition coefficient (Wildman–Crippen LogP) is 3.75. The van der Waals surface area contributed by atoms with Gasteiger partial charge in [0, 0.05) is 15.8 Å². The van der Waals surface area contributed by atoms with Crippen molar-refractivity contribution in [2.75, 3.05) is 6.26 Å². The summed E-state index contributed by atoms with van der Waals surface area (Å²) < 4.78 is 6.58. The zero-order chi connectivity index (χ0) is 12.3. The fourth-order valence-electron chi connectivity index (χ4n) is 1.58. The van der Waals surface area contributed by atoms with Crippen molar-refractivity contribution in [1.29, 1.82) is 0 Å². The molecule has 1 aromatic carbocycles. The Labute approximate surface area is 113 Å². The summed E-state index contributed by atoms with van der Waals surface area (Å²) in [6, 6.07) is 5.78. The molecule has 0 amide bonds. The first-order valence-corrected chi connectivity index (χ1v) is 7.23. The molecule has 90 valence electrons. The van der Waals surface area contributed by atoms with Crippen molar-refractivity contribution in [3.63, 3.8) is 0 Å². The van der Waals surface area contributed by atoms with Crippen LogP contribution in [0.15, 0.2) is 51.9 Å². The number of ether oxygens (including phenoxy) is 1. The standard InChI is InChI=1S/C13H13BrO2S/c1-17-12-8-10(14)7-11(9-12)16-13(15)5-3-2-4-6-13/h2-5,7-9,15H,6H2,1H3. The minimum atomic E-state index is -1.23. The molecule has 0 fully saturated rings. The van der Waals surface area contributed by atoms with Crippen LogP contribution in [0.3, 0.4) is 0 Å². The second kappa shape index (κ2) is 5.29. The van der Waals surface area contributed by atoms with E-state index >= 15 is 0 Å². The van der Waals surface area contributed by atoms with E-state index in [4.69, 9.17) is 4.74 Å². The quantitative estimate of drug-likeness (QED) is 0.681. The van der Waals surface area contributed by atoms with Gasteiger partial charge in [0.2, 0.25) is 5.79 Å². The van der Waals surface area contributed by atoms with Crippen LogP contribution in [0.1, 0.15) is 6.42 Å². The van der Waals surface area contributed by atoms with Gasteiger partial charge in [-0.25, -0.2) is 0 Å². The van der Waals surface area contributed by atoms with Gasteiger partial charge in [-0.3, -0.25) is 0 Å². The smallest absolute Gasteiger partial charge is 0.231 e. The van der Waals surface area contributed by atoms with Crippen LogP contribution >= 0.6 is 27.7 Å². The molecule has 0 bridgehead atoms. The molecule has 0 saturated carbocycles. The Bertz CT molecular complexity index is 470. The molecular weight excluding hydrogens is 300 g/mol. The number of thioether (sulfide) groups is 1. The van der Waals surface area contributed by atoms with E-state index < -0.39 is 5.79 Å². The Morgan fingerprint density at radius 2 is 2.18 bits per heavy atom. The van der Waals surface area contributed by atoms with Crippen molar-refractivity contribution in [1.82, 2.24) is 0 Å².